The van der Waals surface area contributed by atoms with Crippen molar-refractivity contribution >= 4 is 17.9 Å². The van der Waals surface area contributed by atoms with E-state index >= 15 is 0 Å². The molecule has 0 spiro atoms. The van der Waals surface area contributed by atoms with E-state index in [2.05, 4.69) is 13.2 Å². The average molecular weight is 362 g/mol. The van der Waals surface area contributed by atoms with E-state index in [1.54, 1.807) is 18.2 Å². The molecule has 0 saturated carbocycles. The lowest BCUT2D eigenvalue weighted by Gasteiger charge is -2.17. The van der Waals surface area contributed by atoms with E-state index in [0.717, 1.165) is 0 Å². The van der Waals surface area contributed by atoms with Gasteiger partial charge in [-0.3, -0.25) is 14.4 Å². The number of methoxy groups -OCH3 is 1. The third kappa shape index (κ3) is 2.91. The molecule has 0 amide bonds. The van der Waals surface area contributed by atoms with E-state index in [4.69, 9.17) is 18.9 Å². The van der Waals surface area contributed by atoms with Gasteiger partial charge in [0.15, 0.2) is 0 Å². The summed E-state index contributed by atoms with van der Waals surface area (Å²) in [5.74, 6) is -3.57. The standard InChI is InChI=1S/C19H22O7/c1-5-10-9(3)14(17(20)23-4)12(24-10)7-8-13-16-15(11(6-2)25-13)18(21)26-19(16)22/h5-16H,1-2H2,3-4H3/b8-7-. The predicted molar refractivity (Wildman–Crippen MR) is 89.6 cm³/mol. The van der Waals surface area contributed by atoms with Gasteiger partial charge < -0.3 is 18.9 Å². The van der Waals surface area contributed by atoms with Crippen molar-refractivity contribution in [3.05, 3.63) is 37.5 Å². The van der Waals surface area contributed by atoms with Gasteiger partial charge in [-0.15, -0.1) is 13.2 Å². The van der Waals surface area contributed by atoms with E-state index < -0.39 is 48.0 Å². The first kappa shape index (κ1) is 18.5. The van der Waals surface area contributed by atoms with Crippen LogP contribution in [0.3, 0.4) is 0 Å². The quantitative estimate of drug-likeness (QED) is 0.412. The highest BCUT2D eigenvalue weighted by molar-refractivity contribution is 5.98. The van der Waals surface area contributed by atoms with E-state index in [1.807, 2.05) is 6.92 Å². The van der Waals surface area contributed by atoms with Crippen LogP contribution >= 0.6 is 0 Å². The Balaban J connectivity index is 1.81. The molecule has 3 fully saturated rings. The van der Waals surface area contributed by atoms with Crippen LogP contribution in [0.2, 0.25) is 0 Å². The van der Waals surface area contributed by atoms with Crippen molar-refractivity contribution in [3.63, 3.8) is 0 Å². The zero-order valence-corrected chi connectivity index (χ0v) is 14.7. The van der Waals surface area contributed by atoms with Gasteiger partial charge in [0.05, 0.1) is 37.4 Å². The molecule has 3 aliphatic heterocycles. The second-order valence-electron chi connectivity index (χ2n) is 6.69. The Morgan fingerprint density at radius 2 is 1.50 bits per heavy atom. The van der Waals surface area contributed by atoms with E-state index in [9.17, 15) is 14.4 Å². The lowest BCUT2D eigenvalue weighted by molar-refractivity contribution is -0.157. The van der Waals surface area contributed by atoms with Crippen molar-refractivity contribution in [1.29, 1.82) is 0 Å². The van der Waals surface area contributed by atoms with Crippen LogP contribution in [0, 0.1) is 23.7 Å². The van der Waals surface area contributed by atoms with Gasteiger partial charge in [-0.05, 0) is 0 Å². The molecule has 3 heterocycles. The molecule has 3 rings (SSSR count). The number of ether oxygens (including phenoxy) is 4. The van der Waals surface area contributed by atoms with Crippen molar-refractivity contribution in [2.24, 2.45) is 23.7 Å². The Morgan fingerprint density at radius 1 is 0.962 bits per heavy atom. The molecular formula is C19H22O7. The number of fused-ring (bicyclic) bond motifs is 1. The molecule has 0 aromatic heterocycles. The van der Waals surface area contributed by atoms with Gasteiger partial charge in [-0.1, -0.05) is 31.2 Å². The molecule has 26 heavy (non-hydrogen) atoms. The second kappa shape index (κ2) is 7.17. The van der Waals surface area contributed by atoms with Gasteiger partial charge in [0, 0.05) is 5.92 Å². The molecule has 0 radical (unpaired) electrons. The summed E-state index contributed by atoms with van der Waals surface area (Å²) in [4.78, 5) is 36.0. The lowest BCUT2D eigenvalue weighted by Crippen LogP contribution is -2.29. The second-order valence-corrected chi connectivity index (χ2v) is 6.69. The minimum atomic E-state index is -0.715. The van der Waals surface area contributed by atoms with E-state index in [0.29, 0.717) is 0 Å². The topological polar surface area (TPSA) is 88.1 Å². The Bertz CT molecular complexity index is 667. The number of carbonyl (C=O) groups excluding carboxylic acids is 3. The van der Waals surface area contributed by atoms with Crippen molar-refractivity contribution in [3.8, 4) is 0 Å². The Labute approximate surface area is 151 Å². The summed E-state index contributed by atoms with van der Waals surface area (Å²) < 4.78 is 21.2. The molecule has 0 aromatic carbocycles. The van der Waals surface area contributed by atoms with Gasteiger partial charge in [-0.25, -0.2) is 0 Å². The number of cyclic esters (lactones) is 2. The van der Waals surface area contributed by atoms with Gasteiger partial charge >= 0.3 is 17.9 Å². The smallest absolute Gasteiger partial charge is 0.320 e. The van der Waals surface area contributed by atoms with Crippen molar-refractivity contribution < 1.29 is 33.3 Å². The number of hydrogen-bond donors (Lipinski definition) is 0. The maximum Gasteiger partial charge on any atom is 0.320 e. The van der Waals surface area contributed by atoms with Crippen LogP contribution in [0.5, 0.6) is 0 Å². The summed E-state index contributed by atoms with van der Waals surface area (Å²) in [6, 6.07) is 0. The highest BCUT2D eigenvalue weighted by Gasteiger charge is 2.57. The summed E-state index contributed by atoms with van der Waals surface area (Å²) in [6.07, 6.45) is 4.41. The molecule has 8 atom stereocenters. The van der Waals surface area contributed by atoms with E-state index in [-0.39, 0.29) is 18.0 Å². The van der Waals surface area contributed by atoms with Crippen LogP contribution in [0.4, 0.5) is 0 Å². The molecule has 3 saturated heterocycles. The molecule has 7 nitrogen and oxygen atoms in total. The molecule has 0 bridgehead atoms. The minimum Gasteiger partial charge on any atom is -0.469 e. The predicted octanol–water partition coefficient (Wildman–Crippen LogP) is 1.19. The maximum absolute atomic E-state index is 12.1. The number of esters is 3. The van der Waals surface area contributed by atoms with Crippen molar-refractivity contribution in [2.45, 2.75) is 31.3 Å². The maximum atomic E-state index is 12.1. The fraction of sp³-hybridized carbons (Fsp3) is 0.526. The average Bonchev–Trinajstić information content (AvgIpc) is 3.25. The first-order valence-corrected chi connectivity index (χ1v) is 8.50. The zero-order valence-electron chi connectivity index (χ0n) is 14.7. The Kier molecular flexibility index (Phi) is 5.11. The highest BCUT2D eigenvalue weighted by Crippen LogP contribution is 2.41. The number of hydrogen-bond acceptors (Lipinski definition) is 7. The Hall–Kier alpha value is -2.25. The van der Waals surface area contributed by atoms with Gasteiger partial charge in [0.25, 0.3) is 0 Å². The molecule has 0 aromatic rings. The Morgan fingerprint density at radius 3 is 2.08 bits per heavy atom. The summed E-state index contributed by atoms with van der Waals surface area (Å²) in [6.45, 7) is 9.27. The third-order valence-corrected chi connectivity index (χ3v) is 5.34. The van der Waals surface area contributed by atoms with Crippen LogP contribution in [0.25, 0.3) is 0 Å². The molecular weight excluding hydrogens is 340 g/mol. The zero-order chi connectivity index (χ0) is 19.0. The van der Waals surface area contributed by atoms with Crippen molar-refractivity contribution in [2.75, 3.05) is 7.11 Å². The first-order chi connectivity index (χ1) is 12.4. The number of carbonyl (C=O) groups is 3. The summed E-state index contributed by atoms with van der Waals surface area (Å²) >= 11 is 0. The summed E-state index contributed by atoms with van der Waals surface area (Å²) in [5, 5.41) is 0. The fourth-order valence-electron chi connectivity index (χ4n) is 3.96. The van der Waals surface area contributed by atoms with Crippen LogP contribution in [-0.4, -0.2) is 49.4 Å². The molecule has 140 valence electrons. The molecule has 7 heteroatoms. The fourth-order valence-corrected chi connectivity index (χ4v) is 3.96. The monoisotopic (exact) mass is 362 g/mol. The number of rotatable bonds is 5. The van der Waals surface area contributed by atoms with Crippen LogP contribution < -0.4 is 0 Å². The summed E-state index contributed by atoms with van der Waals surface area (Å²) in [7, 11) is 1.33. The molecule has 0 N–H and O–H groups in total. The molecule has 0 aliphatic carbocycles. The highest BCUT2D eigenvalue weighted by atomic mass is 16.6. The minimum absolute atomic E-state index is 0.106. The molecule has 3 aliphatic rings. The van der Waals surface area contributed by atoms with Gasteiger partial charge in [0.1, 0.15) is 11.8 Å². The SMILES string of the molecule is C=CC1OC(/C=C\C2OC(C=C)C3C(=O)OC(=O)C23)C(C(=O)OC)C1C. The van der Waals surface area contributed by atoms with Crippen LogP contribution in [-0.2, 0) is 33.3 Å². The first-order valence-electron chi connectivity index (χ1n) is 8.50. The van der Waals surface area contributed by atoms with Crippen molar-refractivity contribution in [1.82, 2.24) is 0 Å². The normalized spacial score (nSPS) is 41.9. The van der Waals surface area contributed by atoms with Crippen LogP contribution in [0.1, 0.15) is 6.92 Å². The van der Waals surface area contributed by atoms with Gasteiger partial charge in [-0.2, -0.15) is 0 Å². The third-order valence-electron chi connectivity index (χ3n) is 5.34. The molecule has 8 unspecified atom stereocenters. The van der Waals surface area contributed by atoms with Crippen LogP contribution in [0.15, 0.2) is 37.5 Å². The largest absolute Gasteiger partial charge is 0.469 e. The van der Waals surface area contributed by atoms with E-state index in [1.165, 1.54) is 13.2 Å². The van der Waals surface area contributed by atoms with Gasteiger partial charge in [0.2, 0.25) is 0 Å². The lowest BCUT2D eigenvalue weighted by atomic mass is 9.87. The summed E-state index contributed by atoms with van der Waals surface area (Å²) in [5.41, 5.74) is 0.